The van der Waals surface area contributed by atoms with Gasteiger partial charge in [0.05, 0.1) is 6.61 Å². The van der Waals surface area contributed by atoms with E-state index in [1.165, 1.54) is 128 Å². The molecule has 14 heteroatoms. The molecule has 0 amide bonds. The van der Waals surface area contributed by atoms with Gasteiger partial charge in [-0.1, -0.05) is 155 Å². The molecule has 308 valence electrons. The first-order valence-corrected chi connectivity index (χ1v) is 21.8. The second-order valence-corrected chi connectivity index (χ2v) is 16.0. The van der Waals surface area contributed by atoms with Crippen molar-refractivity contribution in [1.29, 1.82) is 0 Å². The van der Waals surface area contributed by atoms with Crippen LogP contribution in [0.4, 0.5) is 0 Å². The predicted octanol–water partition coefficient (Wildman–Crippen LogP) is 6.55. The molecule has 0 saturated heterocycles. The minimum absolute atomic E-state index is 0.0989. The number of aliphatic hydroxyl groups excluding tert-OH is 5. The van der Waals surface area contributed by atoms with Gasteiger partial charge in [-0.25, -0.2) is 4.57 Å². The Morgan fingerprint density at radius 3 is 1.27 bits per heavy atom. The number of rotatable bonds is 33. The zero-order valence-corrected chi connectivity index (χ0v) is 33.0. The van der Waals surface area contributed by atoms with Gasteiger partial charge in [-0.05, 0) is 6.42 Å². The molecule has 0 spiro atoms. The molecule has 1 saturated carbocycles. The van der Waals surface area contributed by atoms with Crippen molar-refractivity contribution in [1.82, 2.24) is 0 Å². The van der Waals surface area contributed by atoms with Gasteiger partial charge < -0.3 is 39.9 Å². The summed E-state index contributed by atoms with van der Waals surface area (Å²) in [6.45, 7) is 2.21. The Hall–Kier alpha value is -1.15. The molecule has 1 aliphatic rings. The van der Waals surface area contributed by atoms with Crippen molar-refractivity contribution in [2.24, 2.45) is 0 Å². The third kappa shape index (κ3) is 23.6. The fourth-order valence-corrected chi connectivity index (χ4v) is 7.46. The Kier molecular flexibility index (Phi) is 28.3. The molecule has 1 aliphatic carbocycles. The fourth-order valence-electron chi connectivity index (χ4n) is 6.49. The summed E-state index contributed by atoms with van der Waals surface area (Å²) >= 11 is 0. The van der Waals surface area contributed by atoms with Crippen LogP contribution in [0.15, 0.2) is 0 Å². The average Bonchev–Trinajstić information content (AvgIpc) is 3.11. The molecule has 52 heavy (non-hydrogen) atoms. The number of esters is 2. The number of phosphoric acid groups is 1. The number of carbonyl (C=O) groups excluding carboxylic acids is 2. The Balaban J connectivity index is 2.09. The van der Waals surface area contributed by atoms with Crippen LogP contribution in [0.2, 0.25) is 0 Å². The van der Waals surface area contributed by atoms with Crippen molar-refractivity contribution in [3.05, 3.63) is 0 Å². The van der Waals surface area contributed by atoms with Crippen LogP contribution in [0.1, 0.15) is 174 Å². The van der Waals surface area contributed by atoms with Crippen LogP contribution in [-0.4, -0.2) is 98.3 Å². The van der Waals surface area contributed by atoms with Crippen molar-refractivity contribution < 1.29 is 63.1 Å². The van der Waals surface area contributed by atoms with Crippen molar-refractivity contribution in [2.45, 2.75) is 217 Å². The highest BCUT2D eigenvalue weighted by Crippen LogP contribution is 2.47. The van der Waals surface area contributed by atoms with Crippen molar-refractivity contribution >= 4 is 19.8 Å². The van der Waals surface area contributed by atoms with Crippen LogP contribution in [0.3, 0.4) is 0 Å². The normalized spacial score (nSPS) is 23.6. The van der Waals surface area contributed by atoms with E-state index in [4.69, 9.17) is 18.5 Å². The highest BCUT2D eigenvalue weighted by atomic mass is 31.2. The lowest BCUT2D eigenvalue weighted by Crippen LogP contribution is -2.64. The van der Waals surface area contributed by atoms with Gasteiger partial charge in [-0.3, -0.25) is 18.6 Å². The molecule has 0 aromatic rings. The topological polar surface area (TPSA) is 210 Å². The van der Waals surface area contributed by atoms with Crippen LogP contribution in [0, 0.1) is 0 Å². The maximum atomic E-state index is 12.5. The minimum Gasteiger partial charge on any atom is -0.462 e. The molecule has 6 unspecified atom stereocenters. The van der Waals surface area contributed by atoms with Gasteiger partial charge in [0, 0.05) is 13.3 Å². The molecule has 6 N–H and O–H groups in total. The third-order valence-corrected chi connectivity index (χ3v) is 10.7. The summed E-state index contributed by atoms with van der Waals surface area (Å²) in [5.74, 6) is -1.28. The first-order chi connectivity index (χ1) is 24.9. The first kappa shape index (κ1) is 48.9. The van der Waals surface area contributed by atoms with E-state index in [1.54, 1.807) is 0 Å². The molecular weight excluding hydrogens is 695 g/mol. The number of unbranched alkanes of at least 4 members (excludes halogenated alkanes) is 23. The summed E-state index contributed by atoms with van der Waals surface area (Å²) in [6.07, 6.45) is 17.6. The molecule has 0 bridgehead atoms. The van der Waals surface area contributed by atoms with Crippen molar-refractivity contribution in [3.63, 3.8) is 0 Å². The van der Waals surface area contributed by atoms with Gasteiger partial charge in [0.2, 0.25) is 0 Å². The lowest BCUT2D eigenvalue weighted by Gasteiger charge is -2.41. The molecule has 6 atom stereocenters. The van der Waals surface area contributed by atoms with Crippen LogP contribution >= 0.6 is 7.82 Å². The van der Waals surface area contributed by atoms with Gasteiger partial charge >= 0.3 is 19.8 Å². The van der Waals surface area contributed by atoms with Crippen LogP contribution in [0.25, 0.3) is 0 Å². The Bertz CT molecular complexity index is 938. The molecule has 0 radical (unpaired) electrons. The van der Waals surface area contributed by atoms with Crippen molar-refractivity contribution in [3.8, 4) is 0 Å². The molecule has 0 heterocycles. The second kappa shape index (κ2) is 30.1. The van der Waals surface area contributed by atoms with E-state index < -0.39 is 75.7 Å². The zero-order valence-electron chi connectivity index (χ0n) is 32.1. The van der Waals surface area contributed by atoms with E-state index >= 15 is 0 Å². The summed E-state index contributed by atoms with van der Waals surface area (Å²) in [5, 5.41) is 49.4. The lowest BCUT2D eigenvalue weighted by molar-refractivity contribution is -0.220. The van der Waals surface area contributed by atoms with Crippen LogP contribution in [0.5, 0.6) is 0 Å². The molecule has 0 aromatic heterocycles. The van der Waals surface area contributed by atoms with Gasteiger partial charge in [-0.2, -0.15) is 0 Å². The molecule has 1 rings (SSSR count). The zero-order chi connectivity index (χ0) is 38.6. The fraction of sp³-hybridized carbons (Fsp3) is 0.947. The van der Waals surface area contributed by atoms with Gasteiger partial charge in [0.25, 0.3) is 0 Å². The molecule has 1 fully saturated rings. The molecule has 0 aromatic carbocycles. The number of hydrogen-bond donors (Lipinski definition) is 6. The lowest BCUT2D eigenvalue weighted by atomic mass is 9.85. The number of aliphatic hydroxyl groups is 5. The monoisotopic (exact) mass is 768 g/mol. The van der Waals surface area contributed by atoms with E-state index in [0.29, 0.717) is 6.42 Å². The Morgan fingerprint density at radius 2 is 0.904 bits per heavy atom. The highest BCUT2D eigenvalue weighted by Gasteiger charge is 2.51. The largest absolute Gasteiger partial charge is 0.472 e. The highest BCUT2D eigenvalue weighted by molar-refractivity contribution is 7.47. The molecule has 0 aliphatic heterocycles. The van der Waals surface area contributed by atoms with E-state index in [-0.39, 0.29) is 6.42 Å². The molecular formula is C38H73O13P. The SMILES string of the molecule is CCCCCCCCCCCCCCCCCCCCCCCCCCC(=O)OC(COC(C)=O)COP(=O)(O)OC1C(O)C(O)C(O)C(O)C1O. The number of ether oxygens (including phenoxy) is 2. The first-order valence-electron chi connectivity index (χ1n) is 20.3. The van der Waals surface area contributed by atoms with Crippen LogP contribution in [-0.2, 0) is 32.7 Å². The summed E-state index contributed by atoms with van der Waals surface area (Å²) < 4.78 is 32.3. The third-order valence-electron chi connectivity index (χ3n) is 9.76. The van der Waals surface area contributed by atoms with E-state index in [1.807, 2.05) is 0 Å². The van der Waals surface area contributed by atoms with Gasteiger partial charge in [0.1, 0.15) is 43.2 Å². The number of hydrogen-bond acceptors (Lipinski definition) is 12. The predicted molar refractivity (Wildman–Crippen MR) is 198 cm³/mol. The Labute approximate surface area is 312 Å². The maximum absolute atomic E-state index is 12.5. The smallest absolute Gasteiger partial charge is 0.462 e. The summed E-state index contributed by atoms with van der Waals surface area (Å²) in [4.78, 5) is 33.8. The van der Waals surface area contributed by atoms with E-state index in [2.05, 4.69) is 6.92 Å². The van der Waals surface area contributed by atoms with E-state index in [9.17, 15) is 44.6 Å². The van der Waals surface area contributed by atoms with Gasteiger partial charge in [-0.15, -0.1) is 0 Å². The van der Waals surface area contributed by atoms with Gasteiger partial charge in [0.15, 0.2) is 6.10 Å². The quantitative estimate of drug-likeness (QED) is 0.0238. The average molecular weight is 769 g/mol. The Morgan fingerprint density at radius 1 is 0.558 bits per heavy atom. The second-order valence-electron chi connectivity index (χ2n) is 14.6. The minimum atomic E-state index is -5.07. The maximum Gasteiger partial charge on any atom is 0.472 e. The van der Waals surface area contributed by atoms with E-state index in [0.717, 1.165) is 26.2 Å². The van der Waals surface area contributed by atoms with Crippen LogP contribution < -0.4 is 0 Å². The van der Waals surface area contributed by atoms with Crippen molar-refractivity contribution in [2.75, 3.05) is 13.2 Å². The molecule has 13 nitrogen and oxygen atoms in total. The number of phosphoric ester groups is 1. The summed E-state index contributed by atoms with van der Waals surface area (Å²) in [5.41, 5.74) is 0. The number of carbonyl (C=O) groups is 2. The summed E-state index contributed by atoms with van der Waals surface area (Å²) in [6, 6.07) is 0. The summed E-state index contributed by atoms with van der Waals surface area (Å²) in [7, 11) is -5.07. The standard InChI is InChI=1S/C38H73O13P/c1-3-4-5-6-7-8-9-10-11-12-13-14-15-16-17-18-19-20-21-22-23-24-25-26-27-32(40)50-31(28-48-30(2)39)29-49-52(46,47)51-38-36(44)34(42)33(41)35(43)37(38)45/h31,33-38,41-45H,3-29H2,1-2H3,(H,46,47).